The van der Waals surface area contributed by atoms with Crippen LogP contribution in [0.5, 0.6) is 0 Å². The summed E-state index contributed by atoms with van der Waals surface area (Å²) in [6.45, 7) is 0. The molecule has 0 saturated heterocycles. The van der Waals surface area contributed by atoms with Gasteiger partial charge in [-0.3, -0.25) is 0 Å². The molecule has 2 aliphatic rings. The van der Waals surface area contributed by atoms with Gasteiger partial charge in [-0.15, -0.1) is 0 Å². The number of nitrogens with one attached hydrogen (secondary N) is 1. The van der Waals surface area contributed by atoms with Gasteiger partial charge in [0.1, 0.15) is 0 Å². The lowest BCUT2D eigenvalue weighted by Crippen LogP contribution is -2.51. The van der Waals surface area contributed by atoms with E-state index in [0.29, 0.717) is 6.04 Å². The molecule has 21 heavy (non-hydrogen) atoms. The van der Waals surface area contributed by atoms with Crippen molar-refractivity contribution in [2.75, 3.05) is 21.1 Å². The van der Waals surface area contributed by atoms with Gasteiger partial charge < -0.3 is 10.2 Å². The molecule has 1 unspecified atom stereocenters. The monoisotopic (exact) mass is 286 g/mol. The van der Waals surface area contributed by atoms with Crippen molar-refractivity contribution < 1.29 is 0 Å². The predicted octanol–water partition coefficient (Wildman–Crippen LogP) is 4.09. The zero-order valence-corrected chi connectivity index (χ0v) is 13.9. The van der Waals surface area contributed by atoms with E-state index in [1.807, 2.05) is 0 Å². The molecule has 3 rings (SSSR count). The summed E-state index contributed by atoms with van der Waals surface area (Å²) in [5.74, 6) is 0.803. The molecule has 1 aromatic carbocycles. The lowest BCUT2D eigenvalue weighted by atomic mass is 9.73. The highest BCUT2D eigenvalue weighted by molar-refractivity contribution is 5.36. The molecule has 2 heteroatoms. The van der Waals surface area contributed by atoms with Crippen LogP contribution in [0.3, 0.4) is 0 Å². The molecule has 2 saturated carbocycles. The van der Waals surface area contributed by atoms with E-state index < -0.39 is 0 Å². The average molecular weight is 286 g/mol. The minimum absolute atomic E-state index is 0.286. The highest BCUT2D eigenvalue weighted by atomic mass is 15.2. The molecule has 1 N–H and O–H groups in total. The third-order valence-corrected chi connectivity index (χ3v) is 6.04. The van der Waals surface area contributed by atoms with Gasteiger partial charge in [-0.25, -0.2) is 0 Å². The summed E-state index contributed by atoms with van der Waals surface area (Å²) < 4.78 is 0. The fraction of sp³-hybridized carbons (Fsp3) is 0.684. The Bertz CT molecular complexity index is 470. The van der Waals surface area contributed by atoms with Gasteiger partial charge in [0, 0.05) is 5.54 Å². The van der Waals surface area contributed by atoms with Crippen molar-refractivity contribution >= 4 is 0 Å². The second-order valence-corrected chi connectivity index (χ2v) is 7.18. The Kier molecular flexibility index (Phi) is 4.37. The van der Waals surface area contributed by atoms with Crippen LogP contribution in [0, 0.1) is 0 Å². The number of hydrogen-bond donors (Lipinski definition) is 1. The zero-order valence-electron chi connectivity index (χ0n) is 13.9. The Morgan fingerprint density at radius 1 is 1.10 bits per heavy atom. The number of rotatable bonds is 5. The van der Waals surface area contributed by atoms with E-state index in [1.165, 1.54) is 44.9 Å². The third-order valence-electron chi connectivity index (χ3n) is 6.04. The van der Waals surface area contributed by atoms with Crippen LogP contribution in [0.2, 0.25) is 0 Å². The Labute approximate surface area is 129 Å². The summed E-state index contributed by atoms with van der Waals surface area (Å²) in [6, 6.07) is 9.65. The van der Waals surface area contributed by atoms with Crippen molar-refractivity contribution in [3.05, 3.63) is 35.4 Å². The molecule has 0 spiro atoms. The first-order chi connectivity index (χ1) is 10.2. The molecule has 1 aromatic rings. The molecule has 2 nitrogen and oxygen atoms in total. The Morgan fingerprint density at radius 2 is 1.76 bits per heavy atom. The van der Waals surface area contributed by atoms with Crippen molar-refractivity contribution in [2.45, 2.75) is 62.4 Å². The molecule has 0 amide bonds. The number of nitrogens with zero attached hydrogens (tertiary/aromatic N) is 1. The standard InChI is InChI=1S/C19H30N2/c1-20-18(19(21(2)3)13-6-7-14-19)17-12-5-4-11-16(17)15-9-8-10-15/h4-5,11-12,15,18,20H,6-10,13-14H2,1-3H3. The Hall–Kier alpha value is -0.860. The van der Waals surface area contributed by atoms with Crippen LogP contribution >= 0.6 is 0 Å². The van der Waals surface area contributed by atoms with Crippen molar-refractivity contribution in [1.82, 2.24) is 10.2 Å². The summed E-state index contributed by atoms with van der Waals surface area (Å²) in [7, 11) is 6.68. The molecule has 0 aliphatic heterocycles. The maximum absolute atomic E-state index is 3.68. The van der Waals surface area contributed by atoms with Crippen molar-refractivity contribution in [1.29, 1.82) is 0 Å². The molecule has 116 valence electrons. The lowest BCUT2D eigenvalue weighted by Gasteiger charge is -2.45. The first kappa shape index (κ1) is 15.1. The van der Waals surface area contributed by atoms with Gasteiger partial charge in [0.15, 0.2) is 0 Å². The molecule has 2 aliphatic carbocycles. The minimum atomic E-state index is 0.286. The summed E-state index contributed by atoms with van der Waals surface area (Å²) >= 11 is 0. The predicted molar refractivity (Wildman–Crippen MR) is 89.7 cm³/mol. The lowest BCUT2D eigenvalue weighted by molar-refractivity contribution is 0.108. The van der Waals surface area contributed by atoms with E-state index in [-0.39, 0.29) is 5.54 Å². The molecule has 0 radical (unpaired) electrons. The van der Waals surface area contributed by atoms with E-state index in [9.17, 15) is 0 Å². The van der Waals surface area contributed by atoms with Crippen molar-refractivity contribution in [3.63, 3.8) is 0 Å². The molecule has 0 bridgehead atoms. The van der Waals surface area contributed by atoms with Crippen LogP contribution in [0.4, 0.5) is 0 Å². The van der Waals surface area contributed by atoms with E-state index in [0.717, 1.165) is 5.92 Å². The zero-order chi connectivity index (χ0) is 14.9. The molecular weight excluding hydrogens is 256 g/mol. The number of likely N-dealkylation sites (N-methyl/N-ethyl adjacent to an activating group) is 2. The van der Waals surface area contributed by atoms with Gasteiger partial charge in [0.05, 0.1) is 6.04 Å². The maximum Gasteiger partial charge on any atom is 0.0507 e. The van der Waals surface area contributed by atoms with Gasteiger partial charge in [-0.05, 0) is 63.9 Å². The van der Waals surface area contributed by atoms with Crippen molar-refractivity contribution in [2.24, 2.45) is 0 Å². The van der Waals surface area contributed by atoms with E-state index >= 15 is 0 Å². The van der Waals surface area contributed by atoms with Crippen LogP contribution in [-0.2, 0) is 0 Å². The first-order valence-electron chi connectivity index (χ1n) is 8.62. The van der Waals surface area contributed by atoms with Gasteiger partial charge in [0.25, 0.3) is 0 Å². The Morgan fingerprint density at radius 3 is 2.29 bits per heavy atom. The van der Waals surface area contributed by atoms with Crippen LogP contribution in [0.25, 0.3) is 0 Å². The van der Waals surface area contributed by atoms with Gasteiger partial charge in [-0.1, -0.05) is 43.5 Å². The van der Waals surface area contributed by atoms with Gasteiger partial charge in [0.2, 0.25) is 0 Å². The van der Waals surface area contributed by atoms with Crippen LogP contribution in [0.1, 0.15) is 68.0 Å². The summed E-state index contributed by atoms with van der Waals surface area (Å²) in [4.78, 5) is 2.48. The highest BCUT2D eigenvalue weighted by Gasteiger charge is 2.44. The molecule has 1 atom stereocenters. The largest absolute Gasteiger partial charge is 0.311 e. The van der Waals surface area contributed by atoms with Crippen LogP contribution < -0.4 is 5.32 Å². The van der Waals surface area contributed by atoms with Gasteiger partial charge >= 0.3 is 0 Å². The van der Waals surface area contributed by atoms with Crippen molar-refractivity contribution in [3.8, 4) is 0 Å². The summed E-state index contributed by atoms with van der Waals surface area (Å²) in [5, 5.41) is 3.68. The molecule has 2 fully saturated rings. The minimum Gasteiger partial charge on any atom is -0.311 e. The smallest absolute Gasteiger partial charge is 0.0507 e. The highest BCUT2D eigenvalue weighted by Crippen LogP contribution is 2.47. The van der Waals surface area contributed by atoms with Crippen LogP contribution in [-0.4, -0.2) is 31.6 Å². The maximum atomic E-state index is 3.68. The summed E-state index contributed by atoms with van der Waals surface area (Å²) in [6.07, 6.45) is 9.51. The second kappa shape index (κ2) is 6.10. The quantitative estimate of drug-likeness (QED) is 0.877. The van der Waals surface area contributed by atoms with Gasteiger partial charge in [-0.2, -0.15) is 0 Å². The van der Waals surface area contributed by atoms with E-state index in [2.05, 4.69) is 55.6 Å². The van der Waals surface area contributed by atoms with Crippen LogP contribution in [0.15, 0.2) is 24.3 Å². The number of benzene rings is 1. The van der Waals surface area contributed by atoms with E-state index in [1.54, 1.807) is 11.1 Å². The topological polar surface area (TPSA) is 15.3 Å². The second-order valence-electron chi connectivity index (χ2n) is 7.18. The number of hydrogen-bond acceptors (Lipinski definition) is 2. The fourth-order valence-electron chi connectivity index (χ4n) is 4.56. The first-order valence-corrected chi connectivity index (χ1v) is 8.62. The molecule has 0 aromatic heterocycles. The molecule has 0 heterocycles. The average Bonchev–Trinajstić information content (AvgIpc) is 2.90. The SMILES string of the molecule is CNC(c1ccccc1C1CCC1)C1(N(C)C)CCCC1. The molecular formula is C19H30N2. The summed E-state index contributed by atoms with van der Waals surface area (Å²) in [5.41, 5.74) is 3.45. The Balaban J connectivity index is 1.99. The third kappa shape index (κ3) is 2.53. The van der Waals surface area contributed by atoms with E-state index in [4.69, 9.17) is 0 Å². The fourth-order valence-corrected chi connectivity index (χ4v) is 4.56. The normalized spacial score (nSPS) is 23.2.